The quantitative estimate of drug-likeness (QED) is 0.325. The summed E-state index contributed by atoms with van der Waals surface area (Å²) in [5.74, 6) is 2.47. The number of ether oxygens (including phenoxy) is 3. The first-order valence-corrected chi connectivity index (χ1v) is 8.52. The molecule has 2 aromatic rings. The van der Waals surface area contributed by atoms with Crippen molar-refractivity contribution in [2.24, 2.45) is 10.7 Å². The molecule has 0 radical (unpaired) electrons. The van der Waals surface area contributed by atoms with Crippen LogP contribution < -0.4 is 25.3 Å². The molecule has 27 heavy (non-hydrogen) atoms. The summed E-state index contributed by atoms with van der Waals surface area (Å²) in [4.78, 5) is 4.34. The second kappa shape index (κ2) is 11.8. The van der Waals surface area contributed by atoms with Gasteiger partial charge in [-0.3, -0.25) is 0 Å². The summed E-state index contributed by atoms with van der Waals surface area (Å²) in [5.41, 5.74) is 7.92. The molecular weight excluding hydrogens is 481 g/mol. The van der Waals surface area contributed by atoms with Crippen molar-refractivity contribution in [3.05, 3.63) is 52.5 Å². The highest BCUT2D eigenvalue weighted by Gasteiger charge is 2.05. The maximum absolute atomic E-state index is 6.23. The number of methoxy groups -OCH3 is 3. The fourth-order valence-electron chi connectivity index (χ4n) is 2.39. The third-order valence-corrected chi connectivity index (χ3v) is 4.19. The van der Waals surface area contributed by atoms with Gasteiger partial charge in [0.1, 0.15) is 5.75 Å². The predicted molar refractivity (Wildman–Crippen MR) is 120 cm³/mol. The van der Waals surface area contributed by atoms with Crippen molar-refractivity contribution in [3.63, 3.8) is 0 Å². The first kappa shape index (κ1) is 23.2. The van der Waals surface area contributed by atoms with Crippen LogP contribution in [0.4, 0.5) is 0 Å². The Morgan fingerprint density at radius 2 is 1.78 bits per heavy atom. The maximum Gasteiger partial charge on any atom is 0.188 e. The number of rotatable bonds is 8. The normalized spacial score (nSPS) is 10.7. The van der Waals surface area contributed by atoms with E-state index in [4.69, 9.17) is 31.5 Å². The second-order valence-electron chi connectivity index (χ2n) is 5.52. The molecule has 148 valence electrons. The van der Waals surface area contributed by atoms with Crippen molar-refractivity contribution in [1.82, 2.24) is 5.32 Å². The number of nitrogens with two attached hydrogens (primary N) is 1. The Kier molecular flexibility index (Phi) is 10.1. The molecule has 3 N–H and O–H groups in total. The lowest BCUT2D eigenvalue weighted by molar-refractivity contribution is 0.354. The van der Waals surface area contributed by atoms with Gasteiger partial charge in [0.05, 0.1) is 27.9 Å². The van der Waals surface area contributed by atoms with Gasteiger partial charge in [0.15, 0.2) is 17.5 Å². The molecule has 0 saturated carbocycles. The molecule has 2 rings (SSSR count). The van der Waals surface area contributed by atoms with Gasteiger partial charge in [-0.25, -0.2) is 4.99 Å². The lowest BCUT2D eigenvalue weighted by atomic mass is 10.1. The van der Waals surface area contributed by atoms with E-state index in [2.05, 4.69) is 10.3 Å². The molecule has 0 aromatic heterocycles. The summed E-state index contributed by atoms with van der Waals surface area (Å²) in [6.07, 6.45) is 0.732. The average Bonchev–Trinajstić information content (AvgIpc) is 2.67. The Hall–Kier alpha value is -1.87. The lowest BCUT2D eigenvalue weighted by Gasteiger charge is -2.10. The van der Waals surface area contributed by atoms with Crippen molar-refractivity contribution >= 4 is 41.5 Å². The van der Waals surface area contributed by atoms with Gasteiger partial charge in [0.25, 0.3) is 0 Å². The van der Waals surface area contributed by atoms with Crippen molar-refractivity contribution in [1.29, 1.82) is 0 Å². The molecule has 0 unspecified atom stereocenters. The van der Waals surface area contributed by atoms with E-state index in [1.54, 1.807) is 27.4 Å². The molecule has 8 heteroatoms. The summed E-state index contributed by atoms with van der Waals surface area (Å²) < 4.78 is 15.6. The fourth-order valence-corrected chi connectivity index (χ4v) is 2.66. The monoisotopic (exact) mass is 505 g/mol. The molecule has 0 aliphatic heterocycles. The minimum atomic E-state index is 0. The number of halogens is 2. The van der Waals surface area contributed by atoms with E-state index in [1.807, 2.05) is 30.3 Å². The molecule has 0 aliphatic rings. The number of nitrogens with zero attached hydrogens (tertiary/aromatic N) is 1. The summed E-state index contributed by atoms with van der Waals surface area (Å²) in [6.45, 7) is 1.08. The smallest absolute Gasteiger partial charge is 0.188 e. The van der Waals surface area contributed by atoms with Gasteiger partial charge < -0.3 is 25.3 Å². The largest absolute Gasteiger partial charge is 0.497 e. The molecule has 0 saturated heterocycles. The summed E-state index contributed by atoms with van der Waals surface area (Å²) in [7, 11) is 4.82. The van der Waals surface area contributed by atoms with Crippen LogP contribution >= 0.6 is 35.6 Å². The lowest BCUT2D eigenvalue weighted by Crippen LogP contribution is -2.33. The van der Waals surface area contributed by atoms with E-state index >= 15 is 0 Å². The minimum absolute atomic E-state index is 0. The third kappa shape index (κ3) is 6.99. The number of guanidine groups is 1. The Bertz CT molecular complexity index is 772. The van der Waals surface area contributed by atoms with Crippen LogP contribution in [0.2, 0.25) is 5.02 Å². The average molecular weight is 506 g/mol. The molecule has 0 fully saturated rings. The highest BCUT2D eigenvalue weighted by Crippen LogP contribution is 2.27. The van der Waals surface area contributed by atoms with E-state index in [0.717, 1.165) is 23.3 Å². The Morgan fingerprint density at radius 1 is 1.04 bits per heavy atom. The van der Waals surface area contributed by atoms with Crippen LogP contribution in [0.15, 0.2) is 41.4 Å². The first-order chi connectivity index (χ1) is 12.6. The zero-order chi connectivity index (χ0) is 18.9. The molecule has 6 nitrogen and oxygen atoms in total. The number of hydrogen-bond acceptors (Lipinski definition) is 4. The topological polar surface area (TPSA) is 78.1 Å². The predicted octanol–water partition coefficient (Wildman–Crippen LogP) is 3.63. The molecule has 0 heterocycles. The number of nitrogens with one attached hydrogen (secondary N) is 1. The maximum atomic E-state index is 6.23. The van der Waals surface area contributed by atoms with Gasteiger partial charge in [-0.1, -0.05) is 23.7 Å². The molecule has 2 aromatic carbocycles. The van der Waals surface area contributed by atoms with Crippen molar-refractivity contribution in [2.75, 3.05) is 27.9 Å². The van der Waals surface area contributed by atoms with Gasteiger partial charge >= 0.3 is 0 Å². The van der Waals surface area contributed by atoms with Crippen LogP contribution in [0.5, 0.6) is 17.2 Å². The number of aliphatic imine (C=N–C) groups is 1. The minimum Gasteiger partial charge on any atom is -0.497 e. The Labute approximate surface area is 182 Å². The Balaban J connectivity index is 0.00000364. The second-order valence-corrected chi connectivity index (χ2v) is 5.93. The molecule has 0 aliphatic carbocycles. The van der Waals surface area contributed by atoms with Crippen LogP contribution in [-0.4, -0.2) is 33.8 Å². The van der Waals surface area contributed by atoms with E-state index in [-0.39, 0.29) is 24.0 Å². The summed E-state index contributed by atoms with van der Waals surface area (Å²) >= 11 is 6.23. The highest BCUT2D eigenvalue weighted by atomic mass is 127. The van der Waals surface area contributed by atoms with Crippen LogP contribution in [0.1, 0.15) is 11.1 Å². The summed E-state index contributed by atoms with van der Waals surface area (Å²) in [6, 6.07) is 11.3. The van der Waals surface area contributed by atoms with E-state index in [0.29, 0.717) is 35.6 Å². The van der Waals surface area contributed by atoms with Crippen LogP contribution in [-0.2, 0) is 13.0 Å². The highest BCUT2D eigenvalue weighted by molar-refractivity contribution is 14.0. The first-order valence-electron chi connectivity index (χ1n) is 8.14. The standard InChI is InChI=1S/C19H24ClN3O3.HI/c1-24-15-6-5-14(16(20)11-15)8-9-22-19(21)23-12-13-4-7-17(25-2)18(10-13)26-3;/h4-7,10-11H,8-9,12H2,1-3H3,(H3,21,22,23);1H. The van der Waals surface area contributed by atoms with Crippen LogP contribution in [0, 0.1) is 0 Å². The fraction of sp³-hybridized carbons (Fsp3) is 0.316. The molecule has 0 atom stereocenters. The van der Waals surface area contributed by atoms with Crippen molar-refractivity contribution < 1.29 is 14.2 Å². The summed E-state index contributed by atoms with van der Waals surface area (Å²) in [5, 5.41) is 3.76. The number of benzene rings is 2. The van der Waals surface area contributed by atoms with E-state index in [1.165, 1.54) is 0 Å². The Morgan fingerprint density at radius 3 is 2.41 bits per heavy atom. The molecule has 0 amide bonds. The van der Waals surface area contributed by atoms with Crippen molar-refractivity contribution in [2.45, 2.75) is 13.0 Å². The van der Waals surface area contributed by atoms with Crippen molar-refractivity contribution in [3.8, 4) is 17.2 Å². The van der Waals surface area contributed by atoms with Gasteiger partial charge in [0.2, 0.25) is 0 Å². The SMILES string of the molecule is COc1ccc(CCNC(N)=NCc2ccc(OC)c(OC)c2)c(Cl)c1.I. The zero-order valence-electron chi connectivity index (χ0n) is 15.6. The molecule has 0 spiro atoms. The number of hydrogen-bond donors (Lipinski definition) is 2. The third-order valence-electron chi connectivity index (χ3n) is 3.84. The van der Waals surface area contributed by atoms with Gasteiger partial charge in [-0.2, -0.15) is 0 Å². The van der Waals surface area contributed by atoms with E-state index < -0.39 is 0 Å². The van der Waals surface area contributed by atoms with E-state index in [9.17, 15) is 0 Å². The van der Waals surface area contributed by atoms with Crippen LogP contribution in [0.25, 0.3) is 0 Å². The zero-order valence-corrected chi connectivity index (χ0v) is 18.7. The molecular formula is C19H25ClIN3O3. The van der Waals surface area contributed by atoms with Gasteiger partial charge in [-0.05, 0) is 41.8 Å². The van der Waals surface area contributed by atoms with Crippen LogP contribution in [0.3, 0.4) is 0 Å². The van der Waals surface area contributed by atoms with Gasteiger partial charge in [-0.15, -0.1) is 24.0 Å². The molecule has 0 bridgehead atoms. The van der Waals surface area contributed by atoms with Gasteiger partial charge in [0, 0.05) is 11.6 Å².